The van der Waals surface area contributed by atoms with Crippen molar-refractivity contribution in [1.29, 1.82) is 0 Å². The Morgan fingerprint density at radius 2 is 1.73 bits per heavy atom. The summed E-state index contributed by atoms with van der Waals surface area (Å²) in [6.07, 6.45) is 1.97. The van der Waals surface area contributed by atoms with Gasteiger partial charge in [-0.2, -0.15) is 0 Å². The quantitative estimate of drug-likeness (QED) is 0.733. The Balaban J connectivity index is 1.39. The third kappa shape index (κ3) is 4.38. The molecule has 0 aliphatic carbocycles. The second-order valence-electron chi connectivity index (χ2n) is 7.95. The van der Waals surface area contributed by atoms with E-state index in [1.165, 1.54) is 5.69 Å². The number of likely N-dealkylation sites (tertiary alicyclic amines) is 1. The van der Waals surface area contributed by atoms with Gasteiger partial charge in [0.25, 0.3) is 0 Å². The molecule has 2 heterocycles. The third-order valence-electron chi connectivity index (χ3n) is 6.22. The standard InChI is InChI=1S/C24H31N3O3/c1-29-20-10-11-23(30-2)21(17-20)22-9-6-12-27(22)24(28)18-25-13-15-26(16-14-25)19-7-4-3-5-8-19/h3-5,7-8,10-11,17,22H,6,9,12-16,18H2,1-2H3/t22-/m1/s1. The van der Waals surface area contributed by atoms with Gasteiger partial charge in [0.15, 0.2) is 0 Å². The number of carbonyl (C=O) groups is 1. The third-order valence-corrected chi connectivity index (χ3v) is 6.22. The summed E-state index contributed by atoms with van der Waals surface area (Å²) in [6, 6.07) is 16.4. The van der Waals surface area contributed by atoms with Gasteiger partial charge in [-0.25, -0.2) is 0 Å². The van der Waals surface area contributed by atoms with Crippen LogP contribution in [-0.4, -0.2) is 69.2 Å². The fraction of sp³-hybridized carbons (Fsp3) is 0.458. The molecule has 2 aromatic carbocycles. The van der Waals surface area contributed by atoms with Gasteiger partial charge in [0, 0.05) is 44.0 Å². The number of anilines is 1. The minimum atomic E-state index is 0.0492. The number of carbonyl (C=O) groups excluding carboxylic acids is 1. The molecule has 2 aromatic rings. The van der Waals surface area contributed by atoms with Gasteiger partial charge in [-0.1, -0.05) is 18.2 Å². The number of nitrogens with zero attached hydrogens (tertiary/aromatic N) is 3. The van der Waals surface area contributed by atoms with Gasteiger partial charge in [-0.15, -0.1) is 0 Å². The van der Waals surface area contributed by atoms with E-state index in [0.29, 0.717) is 6.54 Å². The summed E-state index contributed by atoms with van der Waals surface area (Å²) in [5.74, 6) is 1.81. The van der Waals surface area contributed by atoms with Crippen LogP contribution in [0.15, 0.2) is 48.5 Å². The van der Waals surface area contributed by atoms with Crippen molar-refractivity contribution in [1.82, 2.24) is 9.80 Å². The normalized spacial score (nSPS) is 19.7. The lowest BCUT2D eigenvalue weighted by Gasteiger charge is -2.37. The Labute approximate surface area is 179 Å². The Hall–Kier alpha value is -2.73. The summed E-state index contributed by atoms with van der Waals surface area (Å²) in [5, 5.41) is 0. The van der Waals surface area contributed by atoms with Crippen molar-refractivity contribution < 1.29 is 14.3 Å². The van der Waals surface area contributed by atoms with Gasteiger partial charge in [-0.05, 0) is 43.2 Å². The van der Waals surface area contributed by atoms with Crippen LogP contribution in [0.3, 0.4) is 0 Å². The summed E-state index contributed by atoms with van der Waals surface area (Å²) in [6.45, 7) is 4.98. The first-order chi connectivity index (χ1) is 14.7. The second kappa shape index (κ2) is 9.39. The lowest BCUT2D eigenvalue weighted by atomic mass is 10.0. The fourth-order valence-corrected chi connectivity index (χ4v) is 4.57. The maximum absolute atomic E-state index is 13.2. The van der Waals surface area contributed by atoms with E-state index in [1.807, 2.05) is 29.2 Å². The van der Waals surface area contributed by atoms with Crippen LogP contribution in [0.2, 0.25) is 0 Å². The van der Waals surface area contributed by atoms with Gasteiger partial charge < -0.3 is 19.3 Å². The highest BCUT2D eigenvalue weighted by molar-refractivity contribution is 5.79. The molecular formula is C24H31N3O3. The summed E-state index contributed by atoms with van der Waals surface area (Å²) in [7, 11) is 3.34. The van der Waals surface area contributed by atoms with Crippen molar-refractivity contribution in [2.45, 2.75) is 18.9 Å². The van der Waals surface area contributed by atoms with Crippen molar-refractivity contribution >= 4 is 11.6 Å². The van der Waals surface area contributed by atoms with Crippen LogP contribution in [-0.2, 0) is 4.79 Å². The van der Waals surface area contributed by atoms with E-state index in [2.05, 4.69) is 34.1 Å². The molecule has 2 aliphatic rings. The van der Waals surface area contributed by atoms with Gasteiger partial charge in [-0.3, -0.25) is 9.69 Å². The molecule has 0 radical (unpaired) electrons. The van der Waals surface area contributed by atoms with E-state index in [1.54, 1.807) is 14.2 Å². The average Bonchev–Trinajstić information content (AvgIpc) is 3.30. The average molecular weight is 410 g/mol. The van der Waals surface area contributed by atoms with Crippen molar-refractivity contribution in [2.24, 2.45) is 0 Å². The van der Waals surface area contributed by atoms with Crippen LogP contribution in [0.25, 0.3) is 0 Å². The molecule has 160 valence electrons. The minimum Gasteiger partial charge on any atom is -0.497 e. The number of benzene rings is 2. The van der Waals surface area contributed by atoms with E-state index < -0.39 is 0 Å². The van der Waals surface area contributed by atoms with Crippen LogP contribution < -0.4 is 14.4 Å². The molecule has 6 nitrogen and oxygen atoms in total. The molecule has 0 N–H and O–H groups in total. The van der Waals surface area contributed by atoms with Crippen LogP contribution in [0, 0.1) is 0 Å². The molecule has 0 unspecified atom stereocenters. The molecule has 2 aliphatic heterocycles. The van der Waals surface area contributed by atoms with E-state index in [0.717, 1.165) is 62.6 Å². The zero-order chi connectivity index (χ0) is 20.9. The summed E-state index contributed by atoms with van der Waals surface area (Å²) in [4.78, 5) is 19.9. The molecule has 0 spiro atoms. The number of piperazine rings is 1. The molecular weight excluding hydrogens is 378 g/mol. The fourth-order valence-electron chi connectivity index (χ4n) is 4.57. The molecule has 0 saturated carbocycles. The SMILES string of the molecule is COc1ccc(OC)c([C@H]2CCCN2C(=O)CN2CCN(c3ccccc3)CC2)c1. The maximum Gasteiger partial charge on any atom is 0.237 e. The summed E-state index contributed by atoms with van der Waals surface area (Å²) < 4.78 is 11.0. The first kappa shape index (κ1) is 20.5. The predicted octanol–water partition coefficient (Wildman–Crippen LogP) is 3.19. The molecule has 4 rings (SSSR count). The van der Waals surface area contributed by atoms with E-state index in [-0.39, 0.29) is 11.9 Å². The van der Waals surface area contributed by atoms with Gasteiger partial charge in [0.05, 0.1) is 26.8 Å². The van der Waals surface area contributed by atoms with Crippen LogP contribution >= 0.6 is 0 Å². The van der Waals surface area contributed by atoms with Crippen LogP contribution in [0.4, 0.5) is 5.69 Å². The van der Waals surface area contributed by atoms with E-state index >= 15 is 0 Å². The first-order valence-electron chi connectivity index (χ1n) is 10.7. The molecule has 30 heavy (non-hydrogen) atoms. The summed E-state index contributed by atoms with van der Waals surface area (Å²) in [5.41, 5.74) is 2.30. The molecule has 2 fully saturated rings. The molecule has 0 bridgehead atoms. The van der Waals surface area contributed by atoms with Gasteiger partial charge in [0.2, 0.25) is 5.91 Å². The lowest BCUT2D eigenvalue weighted by Crippen LogP contribution is -2.50. The molecule has 1 amide bonds. The van der Waals surface area contributed by atoms with E-state index in [9.17, 15) is 4.79 Å². The van der Waals surface area contributed by atoms with Gasteiger partial charge in [0.1, 0.15) is 11.5 Å². The monoisotopic (exact) mass is 409 g/mol. The number of hydrogen-bond acceptors (Lipinski definition) is 5. The molecule has 2 saturated heterocycles. The summed E-state index contributed by atoms with van der Waals surface area (Å²) >= 11 is 0. The van der Waals surface area contributed by atoms with Crippen molar-refractivity contribution in [3.05, 3.63) is 54.1 Å². The zero-order valence-electron chi connectivity index (χ0n) is 17.9. The maximum atomic E-state index is 13.2. The van der Waals surface area contributed by atoms with Crippen LogP contribution in [0.1, 0.15) is 24.4 Å². The van der Waals surface area contributed by atoms with E-state index in [4.69, 9.17) is 9.47 Å². The van der Waals surface area contributed by atoms with Crippen LogP contribution in [0.5, 0.6) is 11.5 Å². The number of rotatable bonds is 6. The molecule has 0 aromatic heterocycles. The minimum absolute atomic E-state index is 0.0492. The van der Waals surface area contributed by atoms with Crippen molar-refractivity contribution in [3.8, 4) is 11.5 Å². The first-order valence-corrected chi connectivity index (χ1v) is 10.7. The Morgan fingerprint density at radius 3 is 2.43 bits per heavy atom. The lowest BCUT2D eigenvalue weighted by molar-refractivity contribution is -0.133. The molecule has 6 heteroatoms. The highest BCUT2D eigenvalue weighted by atomic mass is 16.5. The Kier molecular flexibility index (Phi) is 6.43. The smallest absolute Gasteiger partial charge is 0.237 e. The Bertz CT molecular complexity index is 850. The Morgan fingerprint density at radius 1 is 0.967 bits per heavy atom. The largest absolute Gasteiger partial charge is 0.497 e. The highest BCUT2D eigenvalue weighted by Gasteiger charge is 2.33. The predicted molar refractivity (Wildman–Crippen MR) is 118 cm³/mol. The van der Waals surface area contributed by atoms with Gasteiger partial charge >= 0.3 is 0 Å². The number of amides is 1. The molecule has 1 atom stereocenters. The second-order valence-corrected chi connectivity index (χ2v) is 7.95. The number of ether oxygens (including phenoxy) is 2. The zero-order valence-corrected chi connectivity index (χ0v) is 17.9. The highest BCUT2D eigenvalue weighted by Crippen LogP contribution is 2.39. The number of para-hydroxylation sites is 1. The number of hydrogen-bond donors (Lipinski definition) is 0. The number of methoxy groups -OCH3 is 2. The topological polar surface area (TPSA) is 45.3 Å². The van der Waals surface area contributed by atoms with Crippen molar-refractivity contribution in [3.63, 3.8) is 0 Å². The van der Waals surface area contributed by atoms with Crippen molar-refractivity contribution in [2.75, 3.05) is 58.4 Å².